The number of nitrogens with one attached hydrogen (secondary N) is 1. The molecule has 0 spiro atoms. The van der Waals surface area contributed by atoms with Crippen molar-refractivity contribution in [3.63, 3.8) is 0 Å². The van der Waals surface area contributed by atoms with Crippen LogP contribution in [0, 0.1) is 5.82 Å². The number of benzene rings is 1. The van der Waals surface area contributed by atoms with Gasteiger partial charge < -0.3 is 15.0 Å². The van der Waals surface area contributed by atoms with E-state index in [2.05, 4.69) is 9.71 Å². The first kappa shape index (κ1) is 15.3. The normalized spacial score (nSPS) is 11.6. The maximum absolute atomic E-state index is 13.7. The largest absolute Gasteiger partial charge is 0.492 e. The van der Waals surface area contributed by atoms with Gasteiger partial charge in [0.05, 0.1) is 24.2 Å². The fraction of sp³-hybridized carbons (Fsp3) is 0.250. The van der Waals surface area contributed by atoms with Gasteiger partial charge in [-0.2, -0.15) is 0 Å². The number of imidazole rings is 1. The molecular weight excluding hydrogens is 299 g/mol. The van der Waals surface area contributed by atoms with E-state index >= 15 is 0 Å². The molecule has 0 saturated heterocycles. The Balaban J connectivity index is 2.26. The van der Waals surface area contributed by atoms with E-state index in [0.29, 0.717) is 5.82 Å². The third-order valence-electron chi connectivity index (χ3n) is 2.90. The van der Waals surface area contributed by atoms with Gasteiger partial charge in [-0.3, -0.25) is 0 Å². The third-order valence-corrected chi connectivity index (χ3v) is 4.28. The number of anilines is 1. The van der Waals surface area contributed by atoms with Crippen molar-refractivity contribution in [2.75, 3.05) is 12.8 Å². The quantitative estimate of drug-likeness (QED) is 0.789. The SMILES string of the molecule is COc1c(N)cc(S(=O)(=O)NCc2nccn2C)cc1F. The summed E-state index contributed by atoms with van der Waals surface area (Å²) < 4.78 is 46.7. The molecule has 21 heavy (non-hydrogen) atoms. The van der Waals surface area contributed by atoms with Gasteiger partial charge in [-0.05, 0) is 12.1 Å². The number of aryl methyl sites for hydroxylation is 1. The van der Waals surface area contributed by atoms with Crippen LogP contribution in [-0.4, -0.2) is 25.1 Å². The Hall–Kier alpha value is -2.13. The van der Waals surface area contributed by atoms with Crippen LogP contribution in [0.4, 0.5) is 10.1 Å². The highest BCUT2D eigenvalue weighted by molar-refractivity contribution is 7.89. The zero-order valence-corrected chi connectivity index (χ0v) is 12.3. The molecule has 2 rings (SSSR count). The van der Waals surface area contributed by atoms with Crippen molar-refractivity contribution >= 4 is 15.7 Å². The average molecular weight is 314 g/mol. The van der Waals surface area contributed by atoms with E-state index in [4.69, 9.17) is 10.5 Å². The minimum Gasteiger partial charge on any atom is -0.492 e. The molecule has 2 aromatic rings. The number of nitrogens with zero attached hydrogens (tertiary/aromatic N) is 2. The number of aromatic nitrogens is 2. The summed E-state index contributed by atoms with van der Waals surface area (Å²) in [5, 5.41) is 0. The minimum atomic E-state index is -3.90. The van der Waals surface area contributed by atoms with Crippen LogP contribution in [0.2, 0.25) is 0 Å². The van der Waals surface area contributed by atoms with Crippen LogP contribution in [0.25, 0.3) is 0 Å². The van der Waals surface area contributed by atoms with Crippen molar-refractivity contribution in [3.05, 3.63) is 36.2 Å². The summed E-state index contributed by atoms with van der Waals surface area (Å²) in [4.78, 5) is 3.72. The molecule has 0 saturated carbocycles. The van der Waals surface area contributed by atoms with Crippen LogP contribution in [0.5, 0.6) is 5.75 Å². The van der Waals surface area contributed by atoms with Crippen molar-refractivity contribution in [1.29, 1.82) is 0 Å². The number of methoxy groups -OCH3 is 1. The summed E-state index contributed by atoms with van der Waals surface area (Å²) in [7, 11) is -0.912. The summed E-state index contributed by atoms with van der Waals surface area (Å²) >= 11 is 0. The molecule has 1 aromatic heterocycles. The van der Waals surface area contributed by atoms with Crippen LogP contribution >= 0.6 is 0 Å². The van der Waals surface area contributed by atoms with Crippen molar-refractivity contribution in [3.8, 4) is 5.75 Å². The highest BCUT2D eigenvalue weighted by Crippen LogP contribution is 2.28. The van der Waals surface area contributed by atoms with Gasteiger partial charge in [-0.15, -0.1) is 0 Å². The van der Waals surface area contributed by atoms with Gasteiger partial charge in [0, 0.05) is 19.4 Å². The maximum atomic E-state index is 13.7. The number of nitrogen functional groups attached to an aromatic ring is 1. The molecule has 0 amide bonds. The number of ether oxygens (including phenoxy) is 1. The van der Waals surface area contributed by atoms with Crippen molar-refractivity contribution in [1.82, 2.24) is 14.3 Å². The van der Waals surface area contributed by atoms with Crippen LogP contribution in [0.15, 0.2) is 29.4 Å². The maximum Gasteiger partial charge on any atom is 0.241 e. The fourth-order valence-electron chi connectivity index (χ4n) is 1.77. The molecule has 1 heterocycles. The van der Waals surface area contributed by atoms with Crippen LogP contribution in [-0.2, 0) is 23.6 Å². The average Bonchev–Trinajstić information content (AvgIpc) is 2.81. The van der Waals surface area contributed by atoms with E-state index in [1.807, 2.05) is 0 Å². The summed E-state index contributed by atoms with van der Waals surface area (Å²) in [5.74, 6) is -0.492. The van der Waals surface area contributed by atoms with E-state index in [1.165, 1.54) is 7.11 Å². The van der Waals surface area contributed by atoms with Crippen LogP contribution in [0.3, 0.4) is 0 Å². The summed E-state index contributed by atoms with van der Waals surface area (Å²) in [6, 6.07) is 2.00. The first-order chi connectivity index (χ1) is 9.85. The van der Waals surface area contributed by atoms with E-state index in [1.54, 1.807) is 24.0 Å². The smallest absolute Gasteiger partial charge is 0.241 e. The lowest BCUT2D eigenvalue weighted by molar-refractivity contribution is 0.388. The topological polar surface area (TPSA) is 99.2 Å². The summed E-state index contributed by atoms with van der Waals surface area (Å²) in [5.41, 5.74) is 5.48. The third kappa shape index (κ3) is 3.14. The van der Waals surface area contributed by atoms with Crippen molar-refractivity contribution < 1.29 is 17.5 Å². The molecule has 9 heteroatoms. The zero-order chi connectivity index (χ0) is 15.6. The number of hydrogen-bond acceptors (Lipinski definition) is 5. The number of rotatable bonds is 5. The summed E-state index contributed by atoms with van der Waals surface area (Å²) in [6.45, 7) is -0.0145. The Labute approximate surface area is 121 Å². The van der Waals surface area contributed by atoms with Gasteiger partial charge in [0.2, 0.25) is 10.0 Å². The Morgan fingerprint density at radius 3 is 2.71 bits per heavy atom. The molecule has 1 aromatic carbocycles. The fourth-order valence-corrected chi connectivity index (χ4v) is 2.80. The Morgan fingerprint density at radius 2 is 2.19 bits per heavy atom. The van der Waals surface area contributed by atoms with Crippen molar-refractivity contribution in [2.45, 2.75) is 11.4 Å². The van der Waals surface area contributed by atoms with E-state index in [9.17, 15) is 12.8 Å². The Morgan fingerprint density at radius 1 is 1.48 bits per heavy atom. The zero-order valence-electron chi connectivity index (χ0n) is 11.5. The second-order valence-electron chi connectivity index (χ2n) is 4.31. The molecule has 0 aliphatic heterocycles. The second-order valence-corrected chi connectivity index (χ2v) is 6.07. The number of sulfonamides is 1. The molecule has 0 unspecified atom stereocenters. The molecular formula is C12H15FN4O3S. The van der Waals surface area contributed by atoms with Gasteiger partial charge in [-0.25, -0.2) is 22.5 Å². The van der Waals surface area contributed by atoms with Crippen LogP contribution < -0.4 is 15.2 Å². The lowest BCUT2D eigenvalue weighted by Gasteiger charge is -2.10. The molecule has 0 bridgehead atoms. The minimum absolute atomic E-state index is 0.0145. The molecule has 114 valence electrons. The number of nitrogens with two attached hydrogens (primary N) is 1. The van der Waals surface area contributed by atoms with E-state index in [0.717, 1.165) is 12.1 Å². The molecule has 0 aliphatic carbocycles. The van der Waals surface area contributed by atoms with Gasteiger partial charge in [0.25, 0.3) is 0 Å². The predicted octanol–water partition coefficient (Wildman–Crippen LogP) is 0.628. The molecule has 7 nitrogen and oxygen atoms in total. The van der Waals surface area contributed by atoms with Gasteiger partial charge in [0.1, 0.15) is 5.82 Å². The van der Waals surface area contributed by atoms with Gasteiger partial charge in [0.15, 0.2) is 11.6 Å². The van der Waals surface area contributed by atoms with Crippen LogP contribution in [0.1, 0.15) is 5.82 Å². The molecule has 0 atom stereocenters. The van der Waals surface area contributed by atoms with E-state index in [-0.39, 0.29) is 22.9 Å². The second kappa shape index (κ2) is 5.70. The first-order valence-electron chi connectivity index (χ1n) is 5.94. The first-order valence-corrected chi connectivity index (χ1v) is 7.42. The molecule has 0 fully saturated rings. The highest BCUT2D eigenvalue weighted by atomic mass is 32.2. The molecule has 3 N–H and O–H groups in total. The summed E-state index contributed by atoms with van der Waals surface area (Å²) in [6.07, 6.45) is 3.24. The van der Waals surface area contributed by atoms with Gasteiger partial charge in [-0.1, -0.05) is 0 Å². The lowest BCUT2D eigenvalue weighted by Crippen LogP contribution is -2.25. The standard InChI is InChI=1S/C12H15FN4O3S/c1-17-4-3-15-11(17)7-16-21(18,19)8-5-9(13)12(20-2)10(14)6-8/h3-6,16H,7,14H2,1-2H3. The Bertz CT molecular complexity index is 735. The lowest BCUT2D eigenvalue weighted by atomic mass is 10.3. The van der Waals surface area contributed by atoms with Crippen molar-refractivity contribution in [2.24, 2.45) is 7.05 Å². The predicted molar refractivity (Wildman–Crippen MR) is 74.6 cm³/mol. The monoisotopic (exact) mass is 314 g/mol. The molecule has 0 radical (unpaired) electrons. The highest BCUT2D eigenvalue weighted by Gasteiger charge is 2.19. The number of halogens is 1. The van der Waals surface area contributed by atoms with Gasteiger partial charge >= 0.3 is 0 Å². The molecule has 0 aliphatic rings. The van der Waals surface area contributed by atoms with E-state index < -0.39 is 15.8 Å². The Kier molecular flexibility index (Phi) is 4.14. The number of hydrogen-bond donors (Lipinski definition) is 2.